The summed E-state index contributed by atoms with van der Waals surface area (Å²) in [6, 6.07) is 0. The summed E-state index contributed by atoms with van der Waals surface area (Å²) in [4.78, 5) is 21.6. The lowest BCUT2D eigenvalue weighted by molar-refractivity contribution is -0.138. The van der Waals surface area contributed by atoms with Crippen molar-refractivity contribution in [2.45, 2.75) is 26.7 Å². The maximum Gasteiger partial charge on any atom is 0.287 e. The summed E-state index contributed by atoms with van der Waals surface area (Å²) in [6.07, 6.45) is 1.29. The van der Waals surface area contributed by atoms with Crippen molar-refractivity contribution in [3.05, 3.63) is 0 Å². The number of carbonyl (C=O) groups excluding carboxylic acids is 2. The molecule has 0 fully saturated rings. The Labute approximate surface area is 67.2 Å². The molecular formula is C8H15NO2. The molecule has 0 bridgehead atoms. The largest absolute Gasteiger partial charge is 0.353 e. The maximum absolute atomic E-state index is 10.9. The van der Waals surface area contributed by atoms with Crippen LogP contribution < -0.4 is 5.32 Å². The first-order valence-corrected chi connectivity index (χ1v) is 3.86. The van der Waals surface area contributed by atoms with Crippen LogP contribution >= 0.6 is 0 Å². The van der Waals surface area contributed by atoms with Gasteiger partial charge in [-0.1, -0.05) is 20.3 Å². The molecule has 64 valence electrons. The number of nitrogens with one attached hydrogen (secondary N) is 1. The van der Waals surface area contributed by atoms with Gasteiger partial charge in [0, 0.05) is 13.5 Å². The van der Waals surface area contributed by atoms with E-state index < -0.39 is 5.91 Å². The molecule has 1 atom stereocenters. The van der Waals surface area contributed by atoms with Crippen LogP contribution in [0.1, 0.15) is 26.7 Å². The number of carbonyl (C=O) groups is 2. The second kappa shape index (κ2) is 4.88. The van der Waals surface area contributed by atoms with Crippen molar-refractivity contribution in [1.82, 2.24) is 5.32 Å². The van der Waals surface area contributed by atoms with E-state index in [2.05, 4.69) is 5.32 Å². The van der Waals surface area contributed by atoms with Crippen LogP contribution in [-0.2, 0) is 9.59 Å². The lowest BCUT2D eigenvalue weighted by Crippen LogP contribution is -2.28. The van der Waals surface area contributed by atoms with Crippen LogP contribution in [0.15, 0.2) is 0 Å². The van der Waals surface area contributed by atoms with Gasteiger partial charge >= 0.3 is 0 Å². The van der Waals surface area contributed by atoms with Crippen LogP contribution in [0.4, 0.5) is 0 Å². The topological polar surface area (TPSA) is 46.2 Å². The van der Waals surface area contributed by atoms with Gasteiger partial charge in [-0.05, 0) is 5.92 Å². The Hall–Kier alpha value is -0.860. The Bertz CT molecular complexity index is 154. The Morgan fingerprint density at radius 2 is 2.00 bits per heavy atom. The molecule has 0 rings (SSSR count). The molecule has 0 aromatic heterocycles. The number of amides is 1. The second-order valence-electron chi connectivity index (χ2n) is 2.72. The Morgan fingerprint density at radius 1 is 1.45 bits per heavy atom. The third-order valence-corrected chi connectivity index (χ3v) is 1.71. The zero-order valence-electron chi connectivity index (χ0n) is 7.31. The van der Waals surface area contributed by atoms with E-state index in [1.807, 2.05) is 13.8 Å². The maximum atomic E-state index is 10.9. The summed E-state index contributed by atoms with van der Waals surface area (Å²) >= 11 is 0. The van der Waals surface area contributed by atoms with Gasteiger partial charge < -0.3 is 5.32 Å². The van der Waals surface area contributed by atoms with Crippen LogP contribution in [0.25, 0.3) is 0 Å². The number of rotatable bonds is 4. The van der Waals surface area contributed by atoms with Crippen LogP contribution in [0, 0.1) is 5.92 Å². The third-order valence-electron chi connectivity index (χ3n) is 1.71. The summed E-state index contributed by atoms with van der Waals surface area (Å²) < 4.78 is 0. The van der Waals surface area contributed by atoms with E-state index in [-0.39, 0.29) is 5.78 Å². The first-order valence-electron chi connectivity index (χ1n) is 3.86. The van der Waals surface area contributed by atoms with Crippen molar-refractivity contribution in [2.75, 3.05) is 7.05 Å². The molecule has 0 aromatic rings. The van der Waals surface area contributed by atoms with Gasteiger partial charge in [0.25, 0.3) is 5.91 Å². The first-order chi connectivity index (χ1) is 5.11. The monoisotopic (exact) mass is 157 g/mol. The summed E-state index contributed by atoms with van der Waals surface area (Å²) in [6.45, 7) is 3.96. The zero-order chi connectivity index (χ0) is 8.85. The summed E-state index contributed by atoms with van der Waals surface area (Å²) in [5.41, 5.74) is 0. The lowest BCUT2D eigenvalue weighted by atomic mass is 10.0. The van der Waals surface area contributed by atoms with E-state index in [0.717, 1.165) is 6.42 Å². The minimum Gasteiger partial charge on any atom is -0.353 e. The molecule has 0 heterocycles. The molecule has 11 heavy (non-hydrogen) atoms. The minimum absolute atomic E-state index is 0.305. The van der Waals surface area contributed by atoms with E-state index in [1.165, 1.54) is 7.05 Å². The molecule has 0 aliphatic rings. The zero-order valence-corrected chi connectivity index (χ0v) is 7.31. The van der Waals surface area contributed by atoms with Gasteiger partial charge in [0.1, 0.15) is 0 Å². The Morgan fingerprint density at radius 3 is 2.36 bits per heavy atom. The van der Waals surface area contributed by atoms with Crippen molar-refractivity contribution in [3.8, 4) is 0 Å². The summed E-state index contributed by atoms with van der Waals surface area (Å²) in [5, 5.41) is 2.31. The van der Waals surface area contributed by atoms with E-state index in [4.69, 9.17) is 0 Å². The Kier molecular flexibility index (Phi) is 4.50. The average molecular weight is 157 g/mol. The van der Waals surface area contributed by atoms with Crippen molar-refractivity contribution >= 4 is 11.7 Å². The Balaban J connectivity index is 3.77. The molecule has 0 aliphatic carbocycles. The van der Waals surface area contributed by atoms with Crippen molar-refractivity contribution in [3.63, 3.8) is 0 Å². The predicted molar refractivity (Wildman–Crippen MR) is 43.1 cm³/mol. The van der Waals surface area contributed by atoms with E-state index in [9.17, 15) is 9.59 Å². The lowest BCUT2D eigenvalue weighted by Gasteiger charge is -2.04. The number of Topliss-reactive ketones (excluding diaryl/α,β-unsaturated/α-hetero) is 1. The number of likely N-dealkylation sites (N-methyl/N-ethyl adjacent to an activating group) is 1. The molecule has 0 aliphatic heterocycles. The predicted octanol–water partition coefficient (Wildman–Crippen LogP) is 0.738. The molecule has 0 aromatic carbocycles. The van der Waals surface area contributed by atoms with Crippen LogP contribution in [0.5, 0.6) is 0 Å². The molecule has 3 heteroatoms. The van der Waals surface area contributed by atoms with Crippen molar-refractivity contribution in [2.24, 2.45) is 5.92 Å². The highest BCUT2D eigenvalue weighted by Gasteiger charge is 2.13. The van der Waals surface area contributed by atoms with Gasteiger partial charge in [0.2, 0.25) is 5.78 Å². The quantitative estimate of drug-likeness (QED) is 0.612. The normalized spacial score (nSPS) is 12.3. The smallest absolute Gasteiger partial charge is 0.287 e. The number of hydrogen-bond donors (Lipinski definition) is 1. The van der Waals surface area contributed by atoms with Gasteiger partial charge in [-0.3, -0.25) is 9.59 Å². The minimum atomic E-state index is -0.481. The highest BCUT2D eigenvalue weighted by Crippen LogP contribution is 2.06. The highest BCUT2D eigenvalue weighted by molar-refractivity contribution is 6.36. The molecule has 0 saturated heterocycles. The fourth-order valence-corrected chi connectivity index (χ4v) is 0.693. The van der Waals surface area contributed by atoms with Gasteiger partial charge in [0.05, 0.1) is 0 Å². The van der Waals surface area contributed by atoms with Crippen LogP contribution in [0.2, 0.25) is 0 Å². The van der Waals surface area contributed by atoms with Gasteiger partial charge in [0.15, 0.2) is 0 Å². The summed E-state index contributed by atoms with van der Waals surface area (Å²) in [5.74, 6) is -0.494. The van der Waals surface area contributed by atoms with E-state index >= 15 is 0 Å². The average Bonchev–Trinajstić information content (AvgIpc) is 2.02. The molecule has 0 saturated carbocycles. The molecular weight excluding hydrogens is 142 g/mol. The molecule has 0 radical (unpaired) electrons. The summed E-state index contributed by atoms with van der Waals surface area (Å²) in [7, 11) is 1.47. The van der Waals surface area contributed by atoms with E-state index in [1.54, 1.807) is 0 Å². The highest BCUT2D eigenvalue weighted by atomic mass is 16.2. The number of hydrogen-bond acceptors (Lipinski definition) is 2. The third kappa shape index (κ3) is 3.75. The molecule has 0 spiro atoms. The first kappa shape index (κ1) is 10.1. The number of ketones is 1. The van der Waals surface area contributed by atoms with Crippen molar-refractivity contribution < 1.29 is 9.59 Å². The SMILES string of the molecule is CCC(C)CC(=O)C(=O)NC. The van der Waals surface area contributed by atoms with Gasteiger partial charge in [-0.2, -0.15) is 0 Å². The fourth-order valence-electron chi connectivity index (χ4n) is 0.693. The van der Waals surface area contributed by atoms with Crippen molar-refractivity contribution in [1.29, 1.82) is 0 Å². The van der Waals surface area contributed by atoms with E-state index in [0.29, 0.717) is 12.3 Å². The van der Waals surface area contributed by atoms with Crippen LogP contribution in [0.3, 0.4) is 0 Å². The molecule has 3 nitrogen and oxygen atoms in total. The van der Waals surface area contributed by atoms with Gasteiger partial charge in [-0.25, -0.2) is 0 Å². The van der Waals surface area contributed by atoms with Crippen LogP contribution in [-0.4, -0.2) is 18.7 Å². The fraction of sp³-hybridized carbons (Fsp3) is 0.750. The van der Waals surface area contributed by atoms with Gasteiger partial charge in [-0.15, -0.1) is 0 Å². The molecule has 1 unspecified atom stereocenters. The molecule has 1 amide bonds. The molecule has 1 N–H and O–H groups in total. The second-order valence-corrected chi connectivity index (χ2v) is 2.72. The standard InChI is InChI=1S/C8H15NO2/c1-4-6(2)5-7(10)8(11)9-3/h6H,4-5H2,1-3H3,(H,9,11).